The fourth-order valence-corrected chi connectivity index (χ4v) is 2.32. The number of nitrogens with two attached hydrogens (primary N) is 1. The molecule has 1 aromatic heterocycles. The SMILES string of the molecule is Nc1[nH]c(=O)c(C(=O)O)c(-c2c(O)cccc2Cl)c1C(=O)O. The van der Waals surface area contributed by atoms with Gasteiger partial charge in [0, 0.05) is 11.1 Å². The van der Waals surface area contributed by atoms with Crippen LogP contribution >= 0.6 is 11.6 Å². The number of hydrogen-bond acceptors (Lipinski definition) is 5. The van der Waals surface area contributed by atoms with Gasteiger partial charge in [-0.05, 0) is 12.1 Å². The number of H-pyrrole nitrogens is 1. The largest absolute Gasteiger partial charge is 0.507 e. The van der Waals surface area contributed by atoms with E-state index in [2.05, 4.69) is 0 Å². The lowest BCUT2D eigenvalue weighted by Gasteiger charge is -2.14. The van der Waals surface area contributed by atoms with Gasteiger partial charge < -0.3 is 26.0 Å². The second kappa shape index (κ2) is 5.41. The molecule has 6 N–H and O–H groups in total. The van der Waals surface area contributed by atoms with E-state index in [4.69, 9.17) is 17.3 Å². The predicted molar refractivity (Wildman–Crippen MR) is 77.5 cm³/mol. The minimum absolute atomic E-state index is 0.130. The van der Waals surface area contributed by atoms with E-state index in [-0.39, 0.29) is 10.6 Å². The highest BCUT2D eigenvalue weighted by Gasteiger charge is 2.29. The van der Waals surface area contributed by atoms with Gasteiger partial charge >= 0.3 is 11.9 Å². The molecule has 2 rings (SSSR count). The molecule has 1 heterocycles. The average Bonchev–Trinajstić information content (AvgIpc) is 2.36. The molecule has 0 saturated heterocycles. The summed E-state index contributed by atoms with van der Waals surface area (Å²) in [7, 11) is 0. The van der Waals surface area contributed by atoms with Gasteiger partial charge in [0.25, 0.3) is 5.56 Å². The van der Waals surface area contributed by atoms with Crippen molar-refractivity contribution in [2.24, 2.45) is 0 Å². The van der Waals surface area contributed by atoms with Crippen LogP contribution in [0.15, 0.2) is 23.0 Å². The topological polar surface area (TPSA) is 154 Å². The van der Waals surface area contributed by atoms with Crippen molar-refractivity contribution in [1.82, 2.24) is 4.98 Å². The summed E-state index contributed by atoms with van der Waals surface area (Å²) >= 11 is 5.92. The zero-order valence-electron chi connectivity index (χ0n) is 10.8. The number of aromatic carboxylic acids is 2. The highest BCUT2D eigenvalue weighted by molar-refractivity contribution is 6.34. The summed E-state index contributed by atoms with van der Waals surface area (Å²) in [5.41, 5.74) is 1.98. The van der Waals surface area contributed by atoms with Crippen molar-refractivity contribution in [2.45, 2.75) is 0 Å². The number of aromatic amines is 1. The first-order valence-corrected chi connectivity index (χ1v) is 6.13. The highest BCUT2D eigenvalue weighted by atomic mass is 35.5. The number of nitrogen functional groups attached to an aromatic ring is 1. The first-order valence-electron chi connectivity index (χ1n) is 5.75. The number of carboxylic acid groups (broad SMARTS) is 2. The lowest BCUT2D eigenvalue weighted by molar-refractivity contribution is 0.0695. The molecule has 0 unspecified atom stereocenters. The van der Waals surface area contributed by atoms with Gasteiger partial charge in [0.2, 0.25) is 0 Å². The Hall–Kier alpha value is -3.00. The van der Waals surface area contributed by atoms with E-state index >= 15 is 0 Å². The number of carboxylic acids is 2. The van der Waals surface area contributed by atoms with Gasteiger partial charge in [0.15, 0.2) is 0 Å². The van der Waals surface area contributed by atoms with E-state index in [1.165, 1.54) is 18.2 Å². The summed E-state index contributed by atoms with van der Waals surface area (Å²) in [6.07, 6.45) is 0. The van der Waals surface area contributed by atoms with Crippen molar-refractivity contribution >= 4 is 29.4 Å². The second-order valence-corrected chi connectivity index (χ2v) is 4.64. The van der Waals surface area contributed by atoms with Crippen LogP contribution in [-0.4, -0.2) is 32.2 Å². The molecule has 0 amide bonds. The molecule has 2 aromatic rings. The van der Waals surface area contributed by atoms with E-state index < -0.39 is 45.8 Å². The Labute approximate surface area is 127 Å². The third-order valence-electron chi connectivity index (χ3n) is 2.91. The molecular weight excluding hydrogens is 316 g/mol. The number of rotatable bonds is 3. The number of hydrogen-bond donors (Lipinski definition) is 5. The van der Waals surface area contributed by atoms with Crippen molar-refractivity contribution in [2.75, 3.05) is 5.73 Å². The van der Waals surface area contributed by atoms with Crippen LogP contribution in [0.4, 0.5) is 5.82 Å². The lowest BCUT2D eigenvalue weighted by Crippen LogP contribution is -2.24. The molecule has 8 nitrogen and oxygen atoms in total. The molecule has 0 aliphatic rings. The summed E-state index contributed by atoms with van der Waals surface area (Å²) in [6.45, 7) is 0. The summed E-state index contributed by atoms with van der Waals surface area (Å²) in [4.78, 5) is 36.5. The molecule has 22 heavy (non-hydrogen) atoms. The molecule has 9 heteroatoms. The average molecular weight is 325 g/mol. The number of aromatic hydroxyl groups is 1. The summed E-state index contributed by atoms with van der Waals surface area (Å²) in [5.74, 6) is -4.29. The van der Waals surface area contributed by atoms with Crippen molar-refractivity contribution in [3.63, 3.8) is 0 Å². The number of pyridine rings is 1. The fourth-order valence-electron chi connectivity index (χ4n) is 2.06. The second-order valence-electron chi connectivity index (χ2n) is 4.24. The molecule has 0 atom stereocenters. The highest BCUT2D eigenvalue weighted by Crippen LogP contribution is 2.39. The fraction of sp³-hybridized carbons (Fsp3) is 0. The summed E-state index contributed by atoms with van der Waals surface area (Å²) in [6, 6.07) is 3.86. The van der Waals surface area contributed by atoms with Crippen LogP contribution in [0.1, 0.15) is 20.7 Å². The Bertz CT molecular complexity index is 838. The number of benzene rings is 1. The van der Waals surface area contributed by atoms with Gasteiger partial charge in [-0.3, -0.25) is 4.79 Å². The molecule has 0 aliphatic heterocycles. The van der Waals surface area contributed by atoms with Gasteiger partial charge in [-0.1, -0.05) is 17.7 Å². The zero-order valence-corrected chi connectivity index (χ0v) is 11.5. The Morgan fingerprint density at radius 1 is 1.09 bits per heavy atom. The smallest absolute Gasteiger partial charge is 0.342 e. The molecule has 0 fully saturated rings. The first kappa shape index (κ1) is 15.4. The molecule has 0 radical (unpaired) electrons. The molecule has 114 valence electrons. The van der Waals surface area contributed by atoms with Crippen molar-refractivity contribution in [3.8, 4) is 16.9 Å². The van der Waals surface area contributed by atoms with Crippen LogP contribution in [-0.2, 0) is 0 Å². The van der Waals surface area contributed by atoms with Crippen molar-refractivity contribution in [3.05, 3.63) is 44.7 Å². The number of aromatic nitrogens is 1. The number of carbonyl (C=O) groups is 2. The monoisotopic (exact) mass is 324 g/mol. The lowest BCUT2D eigenvalue weighted by atomic mass is 9.94. The van der Waals surface area contributed by atoms with Crippen LogP contribution < -0.4 is 11.3 Å². The maximum Gasteiger partial charge on any atom is 0.342 e. The number of phenolic OH excluding ortho intramolecular Hbond substituents is 1. The molecule has 0 aliphatic carbocycles. The van der Waals surface area contributed by atoms with E-state index in [1.54, 1.807) is 0 Å². The van der Waals surface area contributed by atoms with Gasteiger partial charge in [0.1, 0.15) is 22.7 Å². The maximum atomic E-state index is 11.8. The molecule has 0 bridgehead atoms. The predicted octanol–water partition coefficient (Wildman–Crippen LogP) is 1.38. The maximum absolute atomic E-state index is 11.8. The van der Waals surface area contributed by atoms with Crippen LogP contribution in [0.5, 0.6) is 5.75 Å². The summed E-state index contributed by atoms with van der Waals surface area (Å²) in [5, 5.41) is 28.3. The van der Waals surface area contributed by atoms with Gasteiger partial charge in [-0.25, -0.2) is 9.59 Å². The Morgan fingerprint density at radius 3 is 2.18 bits per heavy atom. The van der Waals surface area contributed by atoms with Crippen LogP contribution in [0.3, 0.4) is 0 Å². The minimum Gasteiger partial charge on any atom is -0.507 e. The standard InChI is InChI=1S/C13H9ClN2O6/c14-4-2-1-3-5(17)6(4)7-8(12(19)20)10(15)16-11(18)9(7)13(21)22/h1-3,17H,(H,19,20)(H,21,22)(H3,15,16,18). The van der Waals surface area contributed by atoms with E-state index in [0.29, 0.717) is 0 Å². The van der Waals surface area contributed by atoms with E-state index in [1.807, 2.05) is 4.98 Å². The normalized spacial score (nSPS) is 10.4. The van der Waals surface area contributed by atoms with Crippen LogP contribution in [0.2, 0.25) is 5.02 Å². The Balaban J connectivity index is 3.10. The third kappa shape index (κ3) is 2.35. The number of nitrogens with one attached hydrogen (secondary N) is 1. The van der Waals surface area contributed by atoms with Crippen LogP contribution in [0.25, 0.3) is 11.1 Å². The Morgan fingerprint density at radius 2 is 1.68 bits per heavy atom. The third-order valence-corrected chi connectivity index (χ3v) is 3.23. The van der Waals surface area contributed by atoms with Crippen molar-refractivity contribution in [1.29, 1.82) is 0 Å². The van der Waals surface area contributed by atoms with Gasteiger partial charge in [-0.2, -0.15) is 0 Å². The number of halogens is 1. The molecule has 1 aromatic carbocycles. The van der Waals surface area contributed by atoms with Crippen molar-refractivity contribution < 1.29 is 24.9 Å². The van der Waals surface area contributed by atoms with Gasteiger partial charge in [0.05, 0.1) is 5.02 Å². The Kier molecular flexibility index (Phi) is 3.79. The molecule has 0 saturated carbocycles. The molecule has 0 spiro atoms. The number of anilines is 1. The van der Waals surface area contributed by atoms with Crippen LogP contribution in [0, 0.1) is 0 Å². The quantitative estimate of drug-likeness (QED) is 0.571. The molecular formula is C13H9ClN2O6. The first-order chi connectivity index (χ1) is 10.3. The summed E-state index contributed by atoms with van der Waals surface area (Å²) < 4.78 is 0. The number of phenols is 1. The van der Waals surface area contributed by atoms with E-state index in [0.717, 1.165) is 0 Å². The minimum atomic E-state index is -1.68. The zero-order chi connectivity index (χ0) is 16.6. The van der Waals surface area contributed by atoms with Gasteiger partial charge in [-0.15, -0.1) is 0 Å². The van der Waals surface area contributed by atoms with E-state index in [9.17, 15) is 29.7 Å².